The van der Waals surface area contributed by atoms with E-state index >= 15 is 0 Å². The number of hydrogen-bond acceptors (Lipinski definition) is 3. The molecule has 0 heterocycles. The van der Waals surface area contributed by atoms with Gasteiger partial charge in [-0.2, -0.15) is 5.10 Å². The summed E-state index contributed by atoms with van der Waals surface area (Å²) in [6, 6.07) is 26.2. The SMILES string of the molecule is C/C(=N\NC(=O)COc1ccc(C(C)(C)C)cc1Br)C(c1ccccc1)c1ccccc1. The second-order valence-electron chi connectivity index (χ2n) is 8.73. The average molecular weight is 493 g/mol. The Kier molecular flexibility index (Phi) is 7.86. The van der Waals surface area contributed by atoms with Gasteiger partial charge < -0.3 is 4.74 Å². The van der Waals surface area contributed by atoms with Crippen molar-refractivity contribution in [2.45, 2.75) is 39.0 Å². The Labute approximate surface area is 198 Å². The van der Waals surface area contributed by atoms with Crippen molar-refractivity contribution in [2.24, 2.45) is 5.10 Å². The van der Waals surface area contributed by atoms with Crippen LogP contribution >= 0.6 is 15.9 Å². The van der Waals surface area contributed by atoms with Crippen LogP contribution in [0.3, 0.4) is 0 Å². The summed E-state index contributed by atoms with van der Waals surface area (Å²) in [7, 11) is 0. The molecule has 0 saturated heterocycles. The van der Waals surface area contributed by atoms with Gasteiger partial charge in [-0.15, -0.1) is 0 Å². The van der Waals surface area contributed by atoms with Crippen LogP contribution in [-0.4, -0.2) is 18.2 Å². The number of benzene rings is 3. The fourth-order valence-corrected chi connectivity index (χ4v) is 3.93. The summed E-state index contributed by atoms with van der Waals surface area (Å²) in [6.07, 6.45) is 0. The van der Waals surface area contributed by atoms with Crippen LogP contribution in [0, 0.1) is 0 Å². The molecule has 0 aromatic heterocycles. The van der Waals surface area contributed by atoms with E-state index in [9.17, 15) is 4.79 Å². The van der Waals surface area contributed by atoms with Crippen molar-refractivity contribution in [3.8, 4) is 5.75 Å². The first-order valence-electron chi connectivity index (χ1n) is 10.6. The van der Waals surface area contributed by atoms with Crippen LogP contribution in [0.4, 0.5) is 0 Å². The smallest absolute Gasteiger partial charge is 0.277 e. The minimum atomic E-state index is -0.309. The van der Waals surface area contributed by atoms with Crippen LogP contribution in [-0.2, 0) is 10.2 Å². The molecular formula is C27H29BrN2O2. The summed E-state index contributed by atoms with van der Waals surface area (Å²) in [5, 5.41) is 4.38. The second kappa shape index (κ2) is 10.6. The van der Waals surface area contributed by atoms with Crippen LogP contribution in [0.25, 0.3) is 0 Å². The molecular weight excluding hydrogens is 464 g/mol. The molecule has 0 atom stereocenters. The van der Waals surface area contributed by atoms with Crippen LogP contribution < -0.4 is 10.2 Å². The molecule has 0 unspecified atom stereocenters. The first-order chi connectivity index (χ1) is 15.3. The number of rotatable bonds is 7. The standard InChI is InChI=1S/C27H29BrN2O2/c1-19(26(20-11-7-5-8-12-20)21-13-9-6-10-14-21)29-30-25(31)18-32-24-16-15-22(17-23(24)28)27(2,3)4/h5-17,26H,18H2,1-4H3,(H,30,31)/b29-19+. The van der Waals surface area contributed by atoms with Crippen molar-refractivity contribution in [2.75, 3.05) is 6.61 Å². The van der Waals surface area contributed by atoms with Gasteiger partial charge in [-0.05, 0) is 57.1 Å². The highest BCUT2D eigenvalue weighted by molar-refractivity contribution is 9.10. The molecule has 0 spiro atoms. The third kappa shape index (κ3) is 6.30. The summed E-state index contributed by atoms with van der Waals surface area (Å²) in [6.45, 7) is 8.27. The first-order valence-corrected chi connectivity index (χ1v) is 11.4. The van der Waals surface area contributed by atoms with E-state index in [1.807, 2.05) is 61.5 Å². The third-order valence-corrected chi connectivity index (χ3v) is 5.82. The minimum Gasteiger partial charge on any atom is -0.483 e. The van der Waals surface area contributed by atoms with Crippen LogP contribution in [0.2, 0.25) is 0 Å². The molecule has 0 fully saturated rings. The number of ether oxygens (including phenoxy) is 1. The number of nitrogens with one attached hydrogen (secondary N) is 1. The Balaban J connectivity index is 1.67. The molecule has 3 aromatic carbocycles. The van der Waals surface area contributed by atoms with Crippen molar-refractivity contribution in [1.82, 2.24) is 5.43 Å². The monoisotopic (exact) mass is 492 g/mol. The van der Waals surface area contributed by atoms with E-state index in [-0.39, 0.29) is 23.8 Å². The number of carbonyl (C=O) groups is 1. The molecule has 1 amide bonds. The average Bonchev–Trinajstić information content (AvgIpc) is 2.78. The van der Waals surface area contributed by atoms with Gasteiger partial charge in [0.15, 0.2) is 6.61 Å². The first kappa shape index (κ1) is 23.7. The van der Waals surface area contributed by atoms with Gasteiger partial charge in [0, 0.05) is 11.6 Å². The van der Waals surface area contributed by atoms with E-state index in [0.29, 0.717) is 5.75 Å². The topological polar surface area (TPSA) is 50.7 Å². The van der Waals surface area contributed by atoms with Gasteiger partial charge in [-0.25, -0.2) is 5.43 Å². The van der Waals surface area contributed by atoms with E-state index in [4.69, 9.17) is 4.74 Å². The molecule has 0 aliphatic carbocycles. The number of carbonyl (C=O) groups excluding carboxylic acids is 1. The quantitative estimate of drug-likeness (QED) is 0.304. The van der Waals surface area contributed by atoms with Gasteiger partial charge in [0.05, 0.1) is 4.47 Å². The molecule has 3 rings (SSSR count). The molecule has 0 radical (unpaired) electrons. The number of nitrogens with zero attached hydrogens (tertiary/aromatic N) is 1. The lowest BCUT2D eigenvalue weighted by atomic mass is 9.87. The van der Waals surface area contributed by atoms with Gasteiger partial charge in [0.1, 0.15) is 5.75 Å². The highest BCUT2D eigenvalue weighted by Gasteiger charge is 2.18. The van der Waals surface area contributed by atoms with E-state index in [0.717, 1.165) is 21.3 Å². The zero-order valence-electron chi connectivity index (χ0n) is 18.9. The molecule has 0 aliphatic heterocycles. The van der Waals surface area contributed by atoms with Gasteiger partial charge in [0.25, 0.3) is 5.91 Å². The maximum absolute atomic E-state index is 12.4. The Morgan fingerprint density at radius 2 is 1.53 bits per heavy atom. The zero-order valence-corrected chi connectivity index (χ0v) is 20.5. The van der Waals surface area contributed by atoms with E-state index in [2.05, 4.69) is 71.5 Å². The lowest BCUT2D eigenvalue weighted by Gasteiger charge is -2.20. The molecule has 0 saturated carbocycles. The van der Waals surface area contributed by atoms with Crippen molar-refractivity contribution in [3.63, 3.8) is 0 Å². The van der Waals surface area contributed by atoms with Crippen LogP contribution in [0.5, 0.6) is 5.75 Å². The predicted octanol–water partition coefficient (Wildman–Crippen LogP) is 6.45. The van der Waals surface area contributed by atoms with Crippen LogP contribution in [0.15, 0.2) is 88.4 Å². The summed E-state index contributed by atoms with van der Waals surface area (Å²) in [4.78, 5) is 12.4. The van der Waals surface area contributed by atoms with Gasteiger partial charge in [0.2, 0.25) is 0 Å². The highest BCUT2D eigenvalue weighted by Crippen LogP contribution is 2.31. The lowest BCUT2D eigenvalue weighted by Crippen LogP contribution is -2.26. The van der Waals surface area contributed by atoms with Gasteiger partial charge in [-0.3, -0.25) is 4.79 Å². The molecule has 4 nitrogen and oxygen atoms in total. The molecule has 0 aliphatic rings. The van der Waals surface area contributed by atoms with Crippen molar-refractivity contribution in [3.05, 3.63) is 100 Å². The van der Waals surface area contributed by atoms with Crippen molar-refractivity contribution < 1.29 is 9.53 Å². The molecule has 32 heavy (non-hydrogen) atoms. The minimum absolute atomic E-state index is 0.0404. The molecule has 3 aromatic rings. The maximum atomic E-state index is 12.4. The van der Waals surface area contributed by atoms with Gasteiger partial charge in [-0.1, -0.05) is 87.5 Å². The maximum Gasteiger partial charge on any atom is 0.277 e. The summed E-state index contributed by atoms with van der Waals surface area (Å²) >= 11 is 3.54. The number of halogens is 1. The van der Waals surface area contributed by atoms with E-state index in [1.54, 1.807) is 0 Å². The highest BCUT2D eigenvalue weighted by atomic mass is 79.9. The largest absolute Gasteiger partial charge is 0.483 e. The molecule has 0 bridgehead atoms. The fourth-order valence-electron chi connectivity index (χ4n) is 3.44. The van der Waals surface area contributed by atoms with Crippen molar-refractivity contribution in [1.29, 1.82) is 0 Å². The Hall–Kier alpha value is -2.92. The predicted molar refractivity (Wildman–Crippen MR) is 134 cm³/mol. The van der Waals surface area contributed by atoms with Gasteiger partial charge >= 0.3 is 0 Å². The Bertz CT molecular complexity index is 1030. The fraction of sp³-hybridized carbons (Fsp3) is 0.259. The Morgan fingerprint density at radius 1 is 0.969 bits per heavy atom. The zero-order chi connectivity index (χ0) is 23.1. The second-order valence-corrected chi connectivity index (χ2v) is 9.58. The summed E-state index contributed by atoms with van der Waals surface area (Å²) in [5.74, 6) is 0.272. The summed E-state index contributed by atoms with van der Waals surface area (Å²) < 4.78 is 6.52. The van der Waals surface area contributed by atoms with E-state index < -0.39 is 0 Å². The molecule has 1 N–H and O–H groups in total. The number of hydrazone groups is 1. The number of amides is 1. The summed E-state index contributed by atoms with van der Waals surface area (Å²) in [5.41, 5.74) is 6.90. The third-order valence-electron chi connectivity index (χ3n) is 5.20. The van der Waals surface area contributed by atoms with E-state index in [1.165, 1.54) is 5.56 Å². The Morgan fingerprint density at radius 3 is 2.03 bits per heavy atom. The van der Waals surface area contributed by atoms with Crippen LogP contribution in [0.1, 0.15) is 50.3 Å². The molecule has 5 heteroatoms. The molecule has 166 valence electrons. The normalized spacial score (nSPS) is 12.0. The lowest BCUT2D eigenvalue weighted by molar-refractivity contribution is -0.123. The van der Waals surface area contributed by atoms with Crippen molar-refractivity contribution >= 4 is 27.5 Å². The number of hydrogen-bond donors (Lipinski definition) is 1.